The molecule has 0 saturated carbocycles. The fourth-order valence-corrected chi connectivity index (χ4v) is 3.44. The number of hydrogen-bond acceptors (Lipinski definition) is 3. The summed E-state index contributed by atoms with van der Waals surface area (Å²) in [5.41, 5.74) is 2.85. The molecule has 0 aromatic carbocycles. The molecule has 0 amide bonds. The second-order valence-corrected chi connectivity index (χ2v) is 5.09. The molecule has 1 aliphatic heterocycles. The van der Waals surface area contributed by atoms with Gasteiger partial charge in [-0.2, -0.15) is 0 Å². The molecule has 1 aromatic heterocycles. The maximum absolute atomic E-state index is 5.44. The van der Waals surface area contributed by atoms with Crippen molar-refractivity contribution < 1.29 is 4.52 Å². The lowest BCUT2D eigenvalue weighted by atomic mass is 9.64. The molecule has 2 heterocycles. The Balaban J connectivity index is 2.16. The minimum Gasteiger partial charge on any atom is -0.361 e. The SMILES string of the molecule is Cc1noc2c1C1(CCNC1)C(C)CC2. The molecule has 2 unspecified atom stereocenters. The van der Waals surface area contributed by atoms with Crippen LogP contribution < -0.4 is 5.32 Å². The van der Waals surface area contributed by atoms with Crippen LogP contribution in [0.4, 0.5) is 0 Å². The number of aromatic nitrogens is 1. The van der Waals surface area contributed by atoms with E-state index in [1.807, 2.05) is 0 Å². The van der Waals surface area contributed by atoms with Crippen LogP contribution in [-0.4, -0.2) is 18.2 Å². The predicted octanol–water partition coefficient (Wildman–Crippen LogP) is 1.80. The molecule has 15 heavy (non-hydrogen) atoms. The second-order valence-electron chi connectivity index (χ2n) is 5.09. The maximum atomic E-state index is 5.44. The van der Waals surface area contributed by atoms with E-state index >= 15 is 0 Å². The normalized spacial score (nSPS) is 34.7. The molecular weight excluding hydrogens is 188 g/mol. The minimum atomic E-state index is 0.317. The molecule has 1 N–H and O–H groups in total. The van der Waals surface area contributed by atoms with E-state index in [0.29, 0.717) is 5.41 Å². The number of fused-ring (bicyclic) bond motifs is 2. The zero-order valence-electron chi connectivity index (χ0n) is 9.47. The summed E-state index contributed by atoms with van der Waals surface area (Å²) in [7, 11) is 0. The zero-order chi connectivity index (χ0) is 10.5. The summed E-state index contributed by atoms with van der Waals surface area (Å²) < 4.78 is 5.44. The third-order valence-electron chi connectivity index (χ3n) is 4.37. The molecule has 3 nitrogen and oxygen atoms in total. The molecular formula is C12H18N2O. The highest BCUT2D eigenvalue weighted by Crippen LogP contribution is 2.46. The van der Waals surface area contributed by atoms with Gasteiger partial charge >= 0.3 is 0 Å². The van der Waals surface area contributed by atoms with Crippen molar-refractivity contribution in [3.05, 3.63) is 17.0 Å². The van der Waals surface area contributed by atoms with Crippen molar-refractivity contribution in [2.45, 2.75) is 38.5 Å². The Bertz CT molecular complexity index is 377. The van der Waals surface area contributed by atoms with Gasteiger partial charge in [0.25, 0.3) is 0 Å². The summed E-state index contributed by atoms with van der Waals surface area (Å²) in [6.45, 7) is 6.69. The van der Waals surface area contributed by atoms with Crippen molar-refractivity contribution in [3.63, 3.8) is 0 Å². The Kier molecular flexibility index (Phi) is 1.93. The van der Waals surface area contributed by atoms with Gasteiger partial charge in [0.1, 0.15) is 5.76 Å². The van der Waals surface area contributed by atoms with Gasteiger partial charge in [-0.3, -0.25) is 0 Å². The number of hydrogen-bond donors (Lipinski definition) is 1. The molecule has 1 spiro atoms. The van der Waals surface area contributed by atoms with E-state index in [1.165, 1.54) is 18.4 Å². The van der Waals surface area contributed by atoms with Crippen LogP contribution in [-0.2, 0) is 11.8 Å². The van der Waals surface area contributed by atoms with E-state index in [1.54, 1.807) is 0 Å². The molecule has 0 bridgehead atoms. The number of nitrogens with one attached hydrogen (secondary N) is 1. The fraction of sp³-hybridized carbons (Fsp3) is 0.750. The Hall–Kier alpha value is -0.830. The number of nitrogens with zero attached hydrogens (tertiary/aromatic N) is 1. The smallest absolute Gasteiger partial charge is 0.140 e. The molecule has 1 saturated heterocycles. The molecule has 82 valence electrons. The molecule has 1 aliphatic carbocycles. The van der Waals surface area contributed by atoms with Crippen LogP contribution in [0.2, 0.25) is 0 Å². The summed E-state index contributed by atoms with van der Waals surface area (Å²) in [4.78, 5) is 0. The quantitative estimate of drug-likeness (QED) is 0.703. The third-order valence-corrected chi connectivity index (χ3v) is 4.37. The van der Waals surface area contributed by atoms with Crippen LogP contribution in [0.25, 0.3) is 0 Å². The lowest BCUT2D eigenvalue weighted by Gasteiger charge is -2.38. The summed E-state index contributed by atoms with van der Waals surface area (Å²) >= 11 is 0. The highest BCUT2D eigenvalue weighted by molar-refractivity contribution is 5.37. The Labute approximate surface area is 90.2 Å². The largest absolute Gasteiger partial charge is 0.361 e. The molecule has 1 fully saturated rings. The van der Waals surface area contributed by atoms with Crippen LogP contribution in [0, 0.1) is 12.8 Å². The first-order chi connectivity index (χ1) is 7.24. The lowest BCUT2D eigenvalue weighted by Crippen LogP contribution is -2.40. The third kappa shape index (κ3) is 1.13. The van der Waals surface area contributed by atoms with Gasteiger partial charge in [0, 0.05) is 23.9 Å². The van der Waals surface area contributed by atoms with Crippen molar-refractivity contribution >= 4 is 0 Å². The van der Waals surface area contributed by atoms with Crippen molar-refractivity contribution in [2.75, 3.05) is 13.1 Å². The summed E-state index contributed by atoms with van der Waals surface area (Å²) in [5, 5.41) is 7.65. The van der Waals surface area contributed by atoms with Gasteiger partial charge < -0.3 is 9.84 Å². The van der Waals surface area contributed by atoms with E-state index in [2.05, 4.69) is 24.3 Å². The Morgan fingerprint density at radius 3 is 3.13 bits per heavy atom. The maximum Gasteiger partial charge on any atom is 0.140 e. The van der Waals surface area contributed by atoms with E-state index in [9.17, 15) is 0 Å². The monoisotopic (exact) mass is 206 g/mol. The zero-order valence-corrected chi connectivity index (χ0v) is 9.47. The van der Waals surface area contributed by atoms with Gasteiger partial charge in [-0.25, -0.2) is 0 Å². The standard InChI is InChI=1S/C12H18N2O/c1-8-3-4-10-11(9(2)14-15-10)12(8)5-6-13-7-12/h8,13H,3-7H2,1-2H3. The van der Waals surface area contributed by atoms with Crippen molar-refractivity contribution in [1.82, 2.24) is 10.5 Å². The van der Waals surface area contributed by atoms with Crippen LogP contribution >= 0.6 is 0 Å². The second kappa shape index (κ2) is 3.08. The van der Waals surface area contributed by atoms with Crippen LogP contribution in [0.1, 0.15) is 36.8 Å². The molecule has 2 atom stereocenters. The lowest BCUT2D eigenvalue weighted by molar-refractivity contribution is 0.252. The number of rotatable bonds is 0. The fourth-order valence-electron chi connectivity index (χ4n) is 3.44. The summed E-state index contributed by atoms with van der Waals surface area (Å²) in [5.74, 6) is 1.90. The predicted molar refractivity (Wildman–Crippen MR) is 57.9 cm³/mol. The van der Waals surface area contributed by atoms with E-state index in [0.717, 1.165) is 36.9 Å². The van der Waals surface area contributed by atoms with Gasteiger partial charge in [0.05, 0.1) is 5.69 Å². The Morgan fingerprint density at radius 1 is 1.53 bits per heavy atom. The highest BCUT2D eigenvalue weighted by atomic mass is 16.5. The Morgan fingerprint density at radius 2 is 2.40 bits per heavy atom. The van der Waals surface area contributed by atoms with Crippen molar-refractivity contribution in [3.8, 4) is 0 Å². The van der Waals surface area contributed by atoms with E-state index in [4.69, 9.17) is 4.52 Å². The molecule has 0 radical (unpaired) electrons. The van der Waals surface area contributed by atoms with Crippen LogP contribution in [0.5, 0.6) is 0 Å². The molecule has 3 heteroatoms. The summed E-state index contributed by atoms with van der Waals surface area (Å²) in [6.07, 6.45) is 3.55. The van der Waals surface area contributed by atoms with Crippen LogP contribution in [0.15, 0.2) is 4.52 Å². The number of aryl methyl sites for hydroxylation is 2. The topological polar surface area (TPSA) is 38.1 Å². The highest BCUT2D eigenvalue weighted by Gasteiger charge is 2.47. The average Bonchev–Trinajstić information content (AvgIpc) is 2.81. The molecule has 2 aliphatic rings. The van der Waals surface area contributed by atoms with Gasteiger partial charge in [-0.15, -0.1) is 0 Å². The van der Waals surface area contributed by atoms with E-state index in [-0.39, 0.29) is 0 Å². The first kappa shape index (κ1) is 9.40. The van der Waals surface area contributed by atoms with Crippen LogP contribution in [0.3, 0.4) is 0 Å². The average molecular weight is 206 g/mol. The van der Waals surface area contributed by atoms with Gasteiger partial charge in [0.2, 0.25) is 0 Å². The van der Waals surface area contributed by atoms with E-state index < -0.39 is 0 Å². The first-order valence-electron chi connectivity index (χ1n) is 5.90. The van der Waals surface area contributed by atoms with Crippen molar-refractivity contribution in [2.24, 2.45) is 5.92 Å². The first-order valence-corrected chi connectivity index (χ1v) is 5.90. The van der Waals surface area contributed by atoms with Crippen molar-refractivity contribution in [1.29, 1.82) is 0 Å². The molecule has 3 rings (SSSR count). The summed E-state index contributed by atoms with van der Waals surface area (Å²) in [6, 6.07) is 0. The van der Waals surface area contributed by atoms with Gasteiger partial charge in [-0.05, 0) is 32.2 Å². The van der Waals surface area contributed by atoms with Gasteiger partial charge in [-0.1, -0.05) is 12.1 Å². The molecule has 1 aromatic rings. The van der Waals surface area contributed by atoms with Gasteiger partial charge in [0.15, 0.2) is 0 Å². The minimum absolute atomic E-state index is 0.317.